The van der Waals surface area contributed by atoms with Gasteiger partial charge in [-0.1, -0.05) is 48.5 Å². The van der Waals surface area contributed by atoms with Gasteiger partial charge in [-0.15, -0.1) is 0 Å². The summed E-state index contributed by atoms with van der Waals surface area (Å²) in [7, 11) is -3.72. The molecule has 0 aromatic heterocycles. The molecule has 0 saturated carbocycles. The first-order chi connectivity index (χ1) is 11.6. The van der Waals surface area contributed by atoms with Crippen LogP contribution in [-0.2, 0) is 25.9 Å². The molecule has 2 aromatic carbocycles. The van der Waals surface area contributed by atoms with Crippen molar-refractivity contribution in [1.82, 2.24) is 0 Å². The van der Waals surface area contributed by atoms with Gasteiger partial charge in [0.2, 0.25) is 9.84 Å². The highest BCUT2D eigenvalue weighted by atomic mass is 32.2. The maximum Gasteiger partial charge on any atom is 0.206 e. The zero-order chi connectivity index (χ0) is 17.0. The van der Waals surface area contributed by atoms with E-state index in [1.807, 2.05) is 30.3 Å². The SMILES string of the molecule is O=S(=O)(C1=COC[C@@H]1[C@H](O)OCc1ccccc1)c1ccccc1. The first-order valence-electron chi connectivity index (χ1n) is 7.54. The first-order valence-corrected chi connectivity index (χ1v) is 9.03. The normalized spacial score (nSPS) is 18.7. The van der Waals surface area contributed by atoms with E-state index >= 15 is 0 Å². The van der Waals surface area contributed by atoms with Gasteiger partial charge in [-0.3, -0.25) is 0 Å². The molecule has 0 amide bonds. The Morgan fingerprint density at radius 3 is 2.38 bits per heavy atom. The summed E-state index contributed by atoms with van der Waals surface area (Å²) in [6.07, 6.45) is -0.0697. The molecule has 3 rings (SSSR count). The average Bonchev–Trinajstić information content (AvgIpc) is 3.12. The molecule has 0 bridgehead atoms. The van der Waals surface area contributed by atoms with Gasteiger partial charge < -0.3 is 14.6 Å². The van der Waals surface area contributed by atoms with Crippen LogP contribution in [0.25, 0.3) is 0 Å². The van der Waals surface area contributed by atoms with Crippen LogP contribution in [0, 0.1) is 5.92 Å². The van der Waals surface area contributed by atoms with Crippen molar-refractivity contribution >= 4 is 9.84 Å². The molecule has 0 radical (unpaired) electrons. The summed E-state index contributed by atoms with van der Waals surface area (Å²) in [5.41, 5.74) is 0.895. The van der Waals surface area contributed by atoms with Crippen LogP contribution in [0.2, 0.25) is 0 Å². The van der Waals surface area contributed by atoms with Crippen LogP contribution in [0.5, 0.6) is 0 Å². The zero-order valence-corrected chi connectivity index (χ0v) is 13.7. The minimum atomic E-state index is -3.72. The highest BCUT2D eigenvalue weighted by Gasteiger charge is 2.37. The molecule has 0 aliphatic carbocycles. The van der Waals surface area contributed by atoms with Gasteiger partial charge in [0.05, 0.1) is 35.2 Å². The van der Waals surface area contributed by atoms with E-state index in [2.05, 4.69) is 0 Å². The standard InChI is InChI=1S/C18H18O5S/c19-18(23-11-14-7-3-1-4-8-14)16-12-22-13-17(16)24(20,21)15-9-5-2-6-10-15/h1-10,13,16,18-19H,11-12H2/t16-,18+/m0/s1. The van der Waals surface area contributed by atoms with Crippen LogP contribution in [0.3, 0.4) is 0 Å². The third kappa shape index (κ3) is 3.51. The molecule has 5 nitrogen and oxygen atoms in total. The number of ether oxygens (including phenoxy) is 2. The molecule has 1 aliphatic heterocycles. The fourth-order valence-corrected chi connectivity index (χ4v) is 4.06. The van der Waals surface area contributed by atoms with Crippen molar-refractivity contribution in [2.24, 2.45) is 5.92 Å². The fourth-order valence-electron chi connectivity index (χ4n) is 2.50. The van der Waals surface area contributed by atoms with Crippen molar-refractivity contribution in [3.05, 3.63) is 77.4 Å². The molecule has 0 saturated heterocycles. The second-order valence-electron chi connectivity index (χ2n) is 5.46. The molecule has 24 heavy (non-hydrogen) atoms. The molecule has 2 atom stereocenters. The van der Waals surface area contributed by atoms with E-state index < -0.39 is 22.0 Å². The summed E-state index contributed by atoms with van der Waals surface area (Å²) in [5, 5.41) is 10.3. The lowest BCUT2D eigenvalue weighted by molar-refractivity contribution is -0.136. The number of benzene rings is 2. The predicted octanol–water partition coefficient (Wildman–Crippen LogP) is 2.48. The number of aliphatic hydroxyl groups is 1. The Morgan fingerprint density at radius 1 is 1.08 bits per heavy atom. The molecule has 1 heterocycles. The maximum absolute atomic E-state index is 12.7. The van der Waals surface area contributed by atoms with Gasteiger partial charge >= 0.3 is 0 Å². The molecule has 6 heteroatoms. The van der Waals surface area contributed by atoms with Gasteiger partial charge in [-0.25, -0.2) is 8.42 Å². The summed E-state index contributed by atoms with van der Waals surface area (Å²) >= 11 is 0. The second kappa shape index (κ2) is 7.17. The smallest absolute Gasteiger partial charge is 0.206 e. The third-order valence-corrected chi connectivity index (χ3v) is 5.72. The number of hydrogen-bond donors (Lipinski definition) is 1. The number of rotatable bonds is 6. The Hall–Kier alpha value is -2.15. The Kier molecular flexibility index (Phi) is 4.99. The third-order valence-electron chi connectivity index (χ3n) is 3.81. The lowest BCUT2D eigenvalue weighted by Gasteiger charge is -2.20. The van der Waals surface area contributed by atoms with Crippen molar-refractivity contribution in [3.8, 4) is 0 Å². The number of sulfone groups is 1. The van der Waals surface area contributed by atoms with E-state index in [0.717, 1.165) is 5.56 Å². The lowest BCUT2D eigenvalue weighted by atomic mass is 10.1. The van der Waals surface area contributed by atoms with Crippen molar-refractivity contribution in [2.45, 2.75) is 17.8 Å². The molecular formula is C18H18O5S. The summed E-state index contributed by atoms with van der Waals surface area (Å²) in [4.78, 5) is 0.205. The predicted molar refractivity (Wildman–Crippen MR) is 88.4 cm³/mol. The van der Waals surface area contributed by atoms with Gasteiger partial charge in [-0.05, 0) is 17.7 Å². The molecule has 0 unspecified atom stereocenters. The van der Waals surface area contributed by atoms with Crippen molar-refractivity contribution < 1.29 is 23.0 Å². The summed E-state index contributed by atoms with van der Waals surface area (Å²) in [5.74, 6) is -0.751. The van der Waals surface area contributed by atoms with E-state index in [-0.39, 0.29) is 23.0 Å². The van der Waals surface area contributed by atoms with Crippen LogP contribution >= 0.6 is 0 Å². The van der Waals surface area contributed by atoms with Gasteiger partial charge in [0.25, 0.3) is 0 Å². The molecule has 0 fully saturated rings. The Balaban J connectivity index is 1.73. The van der Waals surface area contributed by atoms with Gasteiger partial charge in [-0.2, -0.15) is 0 Å². The first kappa shape index (κ1) is 16.7. The van der Waals surface area contributed by atoms with Crippen molar-refractivity contribution in [2.75, 3.05) is 6.61 Å². The summed E-state index contributed by atoms with van der Waals surface area (Å²) < 4.78 is 36.0. The number of aliphatic hydroxyl groups excluding tert-OH is 1. The molecule has 2 aromatic rings. The van der Waals surface area contributed by atoms with E-state index in [9.17, 15) is 13.5 Å². The highest BCUT2D eigenvalue weighted by Crippen LogP contribution is 2.32. The second-order valence-corrected chi connectivity index (χ2v) is 7.41. The maximum atomic E-state index is 12.7. The van der Waals surface area contributed by atoms with E-state index in [1.54, 1.807) is 18.2 Å². The van der Waals surface area contributed by atoms with Gasteiger partial charge in [0.15, 0.2) is 6.29 Å². The minimum absolute atomic E-state index is 0.0364. The summed E-state index contributed by atoms with van der Waals surface area (Å²) in [6, 6.07) is 17.5. The van der Waals surface area contributed by atoms with Crippen LogP contribution in [0.15, 0.2) is 76.7 Å². The lowest BCUT2D eigenvalue weighted by Crippen LogP contribution is -2.28. The van der Waals surface area contributed by atoms with Crippen LogP contribution < -0.4 is 0 Å². The van der Waals surface area contributed by atoms with Crippen LogP contribution in [0.1, 0.15) is 5.56 Å². The molecule has 0 spiro atoms. The Bertz CT molecular complexity index is 800. The average molecular weight is 346 g/mol. The van der Waals surface area contributed by atoms with E-state index in [0.29, 0.717) is 0 Å². The quantitative estimate of drug-likeness (QED) is 0.814. The minimum Gasteiger partial charge on any atom is -0.499 e. The molecule has 1 aliphatic rings. The van der Waals surface area contributed by atoms with Crippen molar-refractivity contribution in [1.29, 1.82) is 0 Å². The largest absolute Gasteiger partial charge is 0.499 e. The Labute approximate surface area is 141 Å². The van der Waals surface area contributed by atoms with E-state index in [1.165, 1.54) is 18.4 Å². The van der Waals surface area contributed by atoms with Crippen LogP contribution in [0.4, 0.5) is 0 Å². The van der Waals surface area contributed by atoms with Gasteiger partial charge in [0.1, 0.15) is 0 Å². The fraction of sp³-hybridized carbons (Fsp3) is 0.222. The van der Waals surface area contributed by atoms with Gasteiger partial charge in [0, 0.05) is 0 Å². The number of hydrogen-bond acceptors (Lipinski definition) is 5. The van der Waals surface area contributed by atoms with Crippen molar-refractivity contribution in [3.63, 3.8) is 0 Å². The summed E-state index contributed by atoms with van der Waals surface area (Å²) in [6.45, 7) is 0.258. The highest BCUT2D eigenvalue weighted by molar-refractivity contribution is 7.95. The Morgan fingerprint density at radius 2 is 1.71 bits per heavy atom. The molecular weight excluding hydrogens is 328 g/mol. The van der Waals surface area contributed by atoms with E-state index in [4.69, 9.17) is 9.47 Å². The topological polar surface area (TPSA) is 72.8 Å². The molecule has 1 N–H and O–H groups in total. The van der Waals surface area contributed by atoms with Crippen LogP contribution in [-0.4, -0.2) is 26.4 Å². The zero-order valence-electron chi connectivity index (χ0n) is 12.9. The monoisotopic (exact) mass is 346 g/mol. The molecule has 126 valence electrons.